The van der Waals surface area contributed by atoms with Crippen molar-refractivity contribution >= 4 is 23.3 Å². The van der Waals surface area contributed by atoms with Gasteiger partial charge in [0.1, 0.15) is 0 Å². The van der Waals surface area contributed by atoms with Crippen molar-refractivity contribution in [1.29, 1.82) is 0 Å². The minimum absolute atomic E-state index is 0.0276. The van der Waals surface area contributed by atoms with E-state index in [-0.39, 0.29) is 23.5 Å². The van der Waals surface area contributed by atoms with Gasteiger partial charge in [-0.2, -0.15) is 0 Å². The van der Waals surface area contributed by atoms with Crippen LogP contribution in [0, 0.1) is 0 Å². The zero-order valence-electron chi connectivity index (χ0n) is 13.7. The van der Waals surface area contributed by atoms with Gasteiger partial charge in [-0.1, -0.05) is 54.1 Å². The summed E-state index contributed by atoms with van der Waals surface area (Å²) in [6.07, 6.45) is 1.49. The molecule has 4 heteroatoms. The Bertz CT molecular complexity index is 855. The average molecular weight is 352 g/mol. The Morgan fingerprint density at radius 2 is 1.56 bits per heavy atom. The van der Waals surface area contributed by atoms with E-state index >= 15 is 0 Å². The number of carbonyl (C=O) groups is 2. The van der Waals surface area contributed by atoms with Crippen LogP contribution in [0.25, 0.3) is 0 Å². The molecule has 1 aliphatic heterocycles. The largest absolute Gasteiger partial charge is 0.329 e. The molecule has 126 valence electrons. The van der Waals surface area contributed by atoms with Crippen LogP contribution < -0.4 is 5.32 Å². The van der Waals surface area contributed by atoms with Crippen LogP contribution in [0.5, 0.6) is 0 Å². The van der Waals surface area contributed by atoms with Crippen LogP contribution in [0.4, 0.5) is 0 Å². The minimum Gasteiger partial charge on any atom is -0.329 e. The number of Topliss-reactive ketones (excluding diaryl/α,β-unsaturated/α-hetero) is 1. The second-order valence-corrected chi connectivity index (χ2v) is 7.12. The zero-order chi connectivity index (χ0) is 17.4. The van der Waals surface area contributed by atoms with E-state index in [4.69, 9.17) is 11.6 Å². The Hall–Kier alpha value is -2.39. The first-order chi connectivity index (χ1) is 12.1. The zero-order valence-corrected chi connectivity index (χ0v) is 14.4. The predicted molar refractivity (Wildman–Crippen MR) is 97.4 cm³/mol. The Morgan fingerprint density at radius 3 is 2.28 bits per heavy atom. The lowest BCUT2D eigenvalue weighted by Gasteiger charge is -2.34. The van der Waals surface area contributed by atoms with Gasteiger partial charge in [-0.15, -0.1) is 0 Å². The lowest BCUT2D eigenvalue weighted by Crippen LogP contribution is -2.38. The van der Waals surface area contributed by atoms with Crippen molar-refractivity contribution in [2.45, 2.75) is 31.1 Å². The van der Waals surface area contributed by atoms with Crippen molar-refractivity contribution in [3.63, 3.8) is 0 Å². The number of nitrogens with one attached hydrogen (secondary N) is 1. The van der Waals surface area contributed by atoms with E-state index in [9.17, 15) is 9.59 Å². The molecule has 0 spiro atoms. The first-order valence-corrected chi connectivity index (χ1v) is 8.86. The molecule has 0 radical (unpaired) electrons. The molecule has 2 aromatic rings. The predicted octanol–water partition coefficient (Wildman–Crippen LogP) is 4.34. The van der Waals surface area contributed by atoms with Gasteiger partial charge in [0.05, 0.1) is 0 Å². The Kier molecular flexibility index (Phi) is 4.18. The van der Waals surface area contributed by atoms with Crippen molar-refractivity contribution in [3.05, 3.63) is 82.0 Å². The van der Waals surface area contributed by atoms with Crippen molar-refractivity contribution in [2.75, 3.05) is 0 Å². The Morgan fingerprint density at radius 1 is 0.840 bits per heavy atom. The topological polar surface area (TPSA) is 46.2 Å². The van der Waals surface area contributed by atoms with Crippen LogP contribution in [0.2, 0.25) is 5.02 Å². The van der Waals surface area contributed by atoms with Gasteiger partial charge < -0.3 is 5.32 Å². The molecule has 1 N–H and O–H groups in total. The fourth-order valence-corrected chi connectivity index (χ4v) is 4.03. The van der Waals surface area contributed by atoms with Gasteiger partial charge in [0, 0.05) is 35.1 Å². The number of amides is 1. The first-order valence-electron chi connectivity index (χ1n) is 8.48. The average Bonchev–Trinajstić information content (AvgIpc) is 2.62. The van der Waals surface area contributed by atoms with E-state index in [1.807, 2.05) is 54.6 Å². The number of hydrogen-bond donors (Lipinski definition) is 1. The maximum Gasteiger partial charge on any atom is 0.225 e. The van der Waals surface area contributed by atoms with Gasteiger partial charge in [0.15, 0.2) is 5.78 Å². The van der Waals surface area contributed by atoms with E-state index in [1.165, 1.54) is 0 Å². The second kappa shape index (κ2) is 6.49. The molecule has 2 aliphatic rings. The first kappa shape index (κ1) is 16.1. The maximum absolute atomic E-state index is 12.9. The molecule has 1 heterocycles. The summed E-state index contributed by atoms with van der Waals surface area (Å²) in [4.78, 5) is 25.2. The summed E-state index contributed by atoms with van der Waals surface area (Å²) < 4.78 is 0. The van der Waals surface area contributed by atoms with Crippen molar-refractivity contribution in [1.82, 2.24) is 5.32 Å². The summed E-state index contributed by atoms with van der Waals surface area (Å²) >= 11 is 5.97. The Labute approximate surface area is 151 Å². The van der Waals surface area contributed by atoms with Crippen molar-refractivity contribution in [2.24, 2.45) is 0 Å². The number of allylic oxidation sites excluding steroid dienone is 2. The maximum atomic E-state index is 12.9. The summed E-state index contributed by atoms with van der Waals surface area (Å²) in [7, 11) is 0. The molecule has 3 nitrogen and oxygen atoms in total. The summed E-state index contributed by atoms with van der Waals surface area (Å²) in [5.74, 6) is 0.0530. The highest BCUT2D eigenvalue weighted by atomic mass is 35.5. The third kappa shape index (κ3) is 3.12. The molecule has 2 aromatic carbocycles. The normalized spacial score (nSPS) is 23.2. The summed E-state index contributed by atoms with van der Waals surface area (Å²) in [5, 5.41) is 3.60. The quantitative estimate of drug-likeness (QED) is 0.874. The van der Waals surface area contributed by atoms with E-state index in [2.05, 4.69) is 5.32 Å². The van der Waals surface area contributed by atoms with Gasteiger partial charge in [-0.05, 0) is 35.6 Å². The number of rotatable bonds is 2. The highest BCUT2D eigenvalue weighted by Crippen LogP contribution is 2.42. The molecule has 2 atom stereocenters. The molecule has 25 heavy (non-hydrogen) atoms. The molecule has 0 saturated heterocycles. The molecule has 0 saturated carbocycles. The van der Waals surface area contributed by atoms with E-state index in [0.29, 0.717) is 24.3 Å². The highest BCUT2D eigenvalue weighted by Gasteiger charge is 2.38. The smallest absolute Gasteiger partial charge is 0.225 e. The van der Waals surface area contributed by atoms with Crippen LogP contribution in [0.1, 0.15) is 42.2 Å². The van der Waals surface area contributed by atoms with Gasteiger partial charge in [0.2, 0.25) is 5.91 Å². The molecule has 4 rings (SSSR count). The number of hydrogen-bond acceptors (Lipinski definition) is 2. The van der Waals surface area contributed by atoms with Crippen LogP contribution in [0.3, 0.4) is 0 Å². The summed E-state index contributed by atoms with van der Waals surface area (Å²) in [5.41, 5.74) is 3.68. The monoisotopic (exact) mass is 351 g/mol. The highest BCUT2D eigenvalue weighted by molar-refractivity contribution is 6.30. The molecular formula is C21H18ClNO2. The third-order valence-electron chi connectivity index (χ3n) is 5.08. The van der Waals surface area contributed by atoms with Crippen LogP contribution >= 0.6 is 11.6 Å². The summed E-state index contributed by atoms with van der Waals surface area (Å²) in [6.45, 7) is 0. The number of ketones is 1. The fourth-order valence-electron chi connectivity index (χ4n) is 3.90. The molecule has 0 fully saturated rings. The van der Waals surface area contributed by atoms with E-state index in [0.717, 1.165) is 22.4 Å². The van der Waals surface area contributed by atoms with Crippen molar-refractivity contribution < 1.29 is 9.59 Å². The lowest BCUT2D eigenvalue weighted by atomic mass is 9.73. The van der Waals surface area contributed by atoms with E-state index < -0.39 is 0 Å². The second-order valence-electron chi connectivity index (χ2n) is 6.69. The van der Waals surface area contributed by atoms with Gasteiger partial charge in [0.25, 0.3) is 0 Å². The molecule has 0 aromatic heterocycles. The SMILES string of the molecule is O=C1CC(c2ccc(Cl)cc2)C2=C(CC(c3ccccc3)CC2=O)N1. The number of carbonyl (C=O) groups excluding carboxylic acids is 2. The number of benzene rings is 2. The molecule has 1 aliphatic carbocycles. The van der Waals surface area contributed by atoms with Crippen LogP contribution in [0.15, 0.2) is 65.9 Å². The molecular weight excluding hydrogens is 334 g/mol. The number of halogens is 1. The summed E-state index contributed by atoms with van der Waals surface area (Å²) in [6, 6.07) is 17.5. The molecule has 2 unspecified atom stereocenters. The third-order valence-corrected chi connectivity index (χ3v) is 5.33. The molecule has 1 amide bonds. The minimum atomic E-state index is -0.176. The van der Waals surface area contributed by atoms with Gasteiger partial charge in [-0.3, -0.25) is 9.59 Å². The standard InChI is InChI=1S/C21H18ClNO2/c22-16-8-6-14(7-9-16)17-12-20(25)23-18-10-15(11-19(24)21(17)18)13-4-2-1-3-5-13/h1-9,15,17H,10-12H2,(H,23,25). The molecule has 0 bridgehead atoms. The van der Waals surface area contributed by atoms with E-state index in [1.54, 1.807) is 0 Å². The Balaban J connectivity index is 1.71. The van der Waals surface area contributed by atoms with Crippen LogP contribution in [-0.4, -0.2) is 11.7 Å². The van der Waals surface area contributed by atoms with Crippen molar-refractivity contribution in [3.8, 4) is 0 Å². The van der Waals surface area contributed by atoms with Gasteiger partial charge in [-0.25, -0.2) is 0 Å². The van der Waals surface area contributed by atoms with Gasteiger partial charge >= 0.3 is 0 Å². The van der Waals surface area contributed by atoms with Crippen LogP contribution in [-0.2, 0) is 9.59 Å². The lowest BCUT2D eigenvalue weighted by molar-refractivity contribution is -0.122. The fraction of sp³-hybridized carbons (Fsp3) is 0.238.